The summed E-state index contributed by atoms with van der Waals surface area (Å²) in [5.74, 6) is 2.17. The molecule has 1 aromatic carbocycles. The summed E-state index contributed by atoms with van der Waals surface area (Å²) < 4.78 is 13.5. The number of hydrogen-bond donors (Lipinski definition) is 1. The smallest absolute Gasteiger partial charge is 0.136 e. The fourth-order valence-electron chi connectivity index (χ4n) is 2.60. The van der Waals surface area contributed by atoms with Gasteiger partial charge in [0.15, 0.2) is 0 Å². The topological polar surface area (TPSA) is 26.0 Å². The molecule has 2 rings (SSSR count). The van der Waals surface area contributed by atoms with Gasteiger partial charge in [-0.1, -0.05) is 31.9 Å². The third-order valence-corrected chi connectivity index (χ3v) is 5.13. The average Bonchev–Trinajstić information content (AvgIpc) is 2.38. The lowest BCUT2D eigenvalue weighted by atomic mass is 9.80. The molecule has 0 saturated heterocycles. The molecule has 1 saturated carbocycles. The summed E-state index contributed by atoms with van der Waals surface area (Å²) in [5, 5.41) is 0. The molecule has 0 amide bonds. The molecule has 100 valence electrons. The highest BCUT2D eigenvalue weighted by molar-refractivity contribution is 7.99. The molecule has 0 bridgehead atoms. The molecular weight excluding hydrogens is 245 g/mol. The second kappa shape index (κ2) is 6.58. The monoisotopic (exact) mass is 267 g/mol. The van der Waals surface area contributed by atoms with Crippen molar-refractivity contribution in [3.63, 3.8) is 0 Å². The summed E-state index contributed by atoms with van der Waals surface area (Å²) in [7, 11) is 0. The van der Waals surface area contributed by atoms with Gasteiger partial charge < -0.3 is 5.73 Å². The first kappa shape index (κ1) is 13.9. The molecule has 1 aromatic rings. The van der Waals surface area contributed by atoms with E-state index in [2.05, 4.69) is 6.92 Å². The van der Waals surface area contributed by atoms with Gasteiger partial charge in [-0.05, 0) is 36.8 Å². The van der Waals surface area contributed by atoms with E-state index < -0.39 is 0 Å². The van der Waals surface area contributed by atoms with E-state index in [1.54, 1.807) is 17.8 Å². The molecule has 1 atom stereocenters. The molecule has 1 unspecified atom stereocenters. The van der Waals surface area contributed by atoms with Crippen molar-refractivity contribution in [2.24, 2.45) is 17.6 Å². The van der Waals surface area contributed by atoms with Crippen LogP contribution in [-0.4, -0.2) is 11.8 Å². The molecule has 0 aliphatic heterocycles. The van der Waals surface area contributed by atoms with Crippen molar-refractivity contribution in [1.82, 2.24) is 0 Å². The summed E-state index contributed by atoms with van der Waals surface area (Å²) in [6.45, 7) is 2.32. The summed E-state index contributed by atoms with van der Waals surface area (Å²) in [4.78, 5) is 0.720. The maximum atomic E-state index is 13.5. The fraction of sp³-hybridized carbons (Fsp3) is 0.600. The van der Waals surface area contributed by atoms with Crippen LogP contribution >= 0.6 is 11.8 Å². The Morgan fingerprint density at radius 3 is 2.61 bits per heavy atom. The second-order valence-corrected chi connectivity index (χ2v) is 6.49. The standard InChI is InChI=1S/C15H22FNS/c1-11-6-8-12(9-7-11)14(17)10-18-15-5-3-2-4-13(15)16/h2-5,11-12,14H,6-10,17H2,1H3. The minimum absolute atomic E-state index is 0.132. The lowest BCUT2D eigenvalue weighted by Crippen LogP contribution is -2.34. The largest absolute Gasteiger partial charge is 0.327 e. The SMILES string of the molecule is CC1CCC(C(N)CSc2ccccc2F)CC1. The Balaban J connectivity index is 1.81. The van der Waals surface area contributed by atoms with Gasteiger partial charge in [0.2, 0.25) is 0 Å². The van der Waals surface area contributed by atoms with Crippen molar-refractivity contribution in [3.05, 3.63) is 30.1 Å². The molecular formula is C15H22FNS. The van der Waals surface area contributed by atoms with E-state index in [1.807, 2.05) is 12.1 Å². The van der Waals surface area contributed by atoms with E-state index in [0.29, 0.717) is 5.92 Å². The molecule has 2 N–H and O–H groups in total. The van der Waals surface area contributed by atoms with Crippen LogP contribution in [0.3, 0.4) is 0 Å². The summed E-state index contributed by atoms with van der Waals surface area (Å²) in [6.07, 6.45) is 5.06. The summed E-state index contributed by atoms with van der Waals surface area (Å²) >= 11 is 1.55. The molecule has 1 aliphatic carbocycles. The fourth-order valence-corrected chi connectivity index (χ4v) is 3.62. The Morgan fingerprint density at radius 1 is 1.28 bits per heavy atom. The highest BCUT2D eigenvalue weighted by Crippen LogP contribution is 2.32. The highest BCUT2D eigenvalue weighted by Gasteiger charge is 2.23. The normalized spacial score (nSPS) is 25.9. The number of thioether (sulfide) groups is 1. The van der Waals surface area contributed by atoms with Gasteiger partial charge >= 0.3 is 0 Å². The van der Waals surface area contributed by atoms with Gasteiger partial charge in [0.25, 0.3) is 0 Å². The third kappa shape index (κ3) is 3.72. The molecule has 3 heteroatoms. The highest BCUT2D eigenvalue weighted by atomic mass is 32.2. The van der Waals surface area contributed by atoms with Crippen LogP contribution < -0.4 is 5.73 Å². The predicted molar refractivity (Wildman–Crippen MR) is 76.2 cm³/mol. The Morgan fingerprint density at radius 2 is 1.94 bits per heavy atom. The van der Waals surface area contributed by atoms with Crippen molar-refractivity contribution >= 4 is 11.8 Å². The zero-order valence-electron chi connectivity index (χ0n) is 10.9. The van der Waals surface area contributed by atoms with E-state index in [4.69, 9.17) is 5.73 Å². The van der Waals surface area contributed by atoms with Crippen LogP contribution in [0.2, 0.25) is 0 Å². The lowest BCUT2D eigenvalue weighted by molar-refractivity contribution is 0.264. The number of hydrogen-bond acceptors (Lipinski definition) is 2. The maximum Gasteiger partial charge on any atom is 0.136 e. The minimum atomic E-state index is -0.132. The zero-order valence-corrected chi connectivity index (χ0v) is 11.8. The van der Waals surface area contributed by atoms with Gasteiger partial charge in [0.1, 0.15) is 5.82 Å². The van der Waals surface area contributed by atoms with Crippen molar-refractivity contribution in [2.45, 2.75) is 43.5 Å². The van der Waals surface area contributed by atoms with Crippen LogP contribution in [0.15, 0.2) is 29.2 Å². The predicted octanol–water partition coefficient (Wildman–Crippen LogP) is 4.07. The van der Waals surface area contributed by atoms with Gasteiger partial charge in [-0.3, -0.25) is 0 Å². The van der Waals surface area contributed by atoms with Crippen LogP contribution in [0.5, 0.6) is 0 Å². The first-order valence-corrected chi connectivity index (χ1v) is 7.78. The van der Waals surface area contributed by atoms with Gasteiger partial charge in [-0.15, -0.1) is 11.8 Å². The lowest BCUT2D eigenvalue weighted by Gasteiger charge is -2.30. The zero-order chi connectivity index (χ0) is 13.0. The van der Waals surface area contributed by atoms with Crippen LogP contribution in [0, 0.1) is 17.7 Å². The first-order chi connectivity index (χ1) is 8.66. The molecule has 1 nitrogen and oxygen atoms in total. The van der Waals surface area contributed by atoms with Crippen LogP contribution in [0.4, 0.5) is 4.39 Å². The van der Waals surface area contributed by atoms with Gasteiger partial charge in [-0.2, -0.15) is 0 Å². The number of nitrogens with two attached hydrogens (primary N) is 1. The third-order valence-electron chi connectivity index (χ3n) is 3.93. The molecule has 0 radical (unpaired) electrons. The van der Waals surface area contributed by atoms with Gasteiger partial charge in [0, 0.05) is 16.7 Å². The molecule has 0 aromatic heterocycles. The van der Waals surface area contributed by atoms with Crippen molar-refractivity contribution in [2.75, 3.05) is 5.75 Å². The van der Waals surface area contributed by atoms with Crippen LogP contribution in [-0.2, 0) is 0 Å². The van der Waals surface area contributed by atoms with Gasteiger partial charge in [-0.25, -0.2) is 4.39 Å². The second-order valence-electron chi connectivity index (χ2n) is 5.43. The quantitative estimate of drug-likeness (QED) is 0.832. The van der Waals surface area contributed by atoms with Crippen molar-refractivity contribution in [1.29, 1.82) is 0 Å². The number of halogens is 1. The maximum absolute atomic E-state index is 13.5. The van der Waals surface area contributed by atoms with E-state index in [1.165, 1.54) is 31.7 Å². The van der Waals surface area contributed by atoms with Crippen molar-refractivity contribution < 1.29 is 4.39 Å². The van der Waals surface area contributed by atoms with Crippen LogP contribution in [0.1, 0.15) is 32.6 Å². The first-order valence-electron chi connectivity index (χ1n) is 6.79. The summed E-state index contributed by atoms with van der Waals surface area (Å²) in [6, 6.07) is 7.13. The van der Waals surface area contributed by atoms with E-state index in [0.717, 1.165) is 16.6 Å². The molecule has 0 heterocycles. The Bertz CT molecular complexity index is 375. The average molecular weight is 267 g/mol. The van der Waals surface area contributed by atoms with E-state index >= 15 is 0 Å². The molecule has 1 aliphatic rings. The van der Waals surface area contributed by atoms with Crippen molar-refractivity contribution in [3.8, 4) is 0 Å². The summed E-state index contributed by atoms with van der Waals surface area (Å²) in [5.41, 5.74) is 6.25. The van der Waals surface area contributed by atoms with Crippen LogP contribution in [0.25, 0.3) is 0 Å². The van der Waals surface area contributed by atoms with E-state index in [9.17, 15) is 4.39 Å². The van der Waals surface area contributed by atoms with E-state index in [-0.39, 0.29) is 11.9 Å². The Kier molecular flexibility index (Phi) is 5.07. The number of rotatable bonds is 4. The molecule has 0 spiro atoms. The Labute approximate surface area is 113 Å². The molecule has 1 fully saturated rings. The Hall–Kier alpha value is -0.540. The molecule has 18 heavy (non-hydrogen) atoms. The number of benzene rings is 1. The van der Waals surface area contributed by atoms with Gasteiger partial charge in [0.05, 0.1) is 0 Å². The minimum Gasteiger partial charge on any atom is -0.327 e.